The first-order chi connectivity index (χ1) is 9.26. The Kier molecular flexibility index (Phi) is 6.94. The molecule has 1 aromatic carbocycles. The Morgan fingerprint density at radius 1 is 1.37 bits per heavy atom. The zero-order valence-electron chi connectivity index (χ0n) is 12.1. The van der Waals surface area contributed by atoms with Gasteiger partial charge in [0.15, 0.2) is 0 Å². The second kappa shape index (κ2) is 8.52. The molecule has 19 heavy (non-hydrogen) atoms. The van der Waals surface area contributed by atoms with Crippen LogP contribution >= 0.6 is 0 Å². The number of anilines is 1. The molecular weight excluding hydrogens is 238 g/mol. The molecule has 4 nitrogen and oxygen atoms in total. The number of nitrogens with one attached hydrogen (secondary N) is 1. The number of nitrogens with zero attached hydrogens (tertiary/aromatic N) is 2. The Morgan fingerprint density at radius 3 is 2.74 bits per heavy atom. The van der Waals surface area contributed by atoms with Gasteiger partial charge in [-0.15, -0.1) is 0 Å². The molecule has 0 saturated carbocycles. The van der Waals surface area contributed by atoms with Crippen LogP contribution in [0.2, 0.25) is 0 Å². The fraction of sp³-hybridized carbons (Fsp3) is 0.533. The van der Waals surface area contributed by atoms with E-state index in [2.05, 4.69) is 29.3 Å². The van der Waals surface area contributed by atoms with Crippen molar-refractivity contribution in [2.75, 3.05) is 38.3 Å². The van der Waals surface area contributed by atoms with Crippen molar-refractivity contribution < 1.29 is 4.74 Å². The van der Waals surface area contributed by atoms with E-state index < -0.39 is 0 Å². The Balaban J connectivity index is 2.87. The predicted molar refractivity (Wildman–Crippen MR) is 78.3 cm³/mol. The van der Waals surface area contributed by atoms with Gasteiger partial charge in [-0.3, -0.25) is 0 Å². The van der Waals surface area contributed by atoms with Gasteiger partial charge in [0.2, 0.25) is 0 Å². The van der Waals surface area contributed by atoms with Gasteiger partial charge in [-0.05, 0) is 38.6 Å². The van der Waals surface area contributed by atoms with E-state index in [0.717, 1.165) is 43.1 Å². The minimum atomic E-state index is 0.688. The third kappa shape index (κ3) is 4.55. The molecule has 0 aliphatic carbocycles. The summed E-state index contributed by atoms with van der Waals surface area (Å²) in [4.78, 5) is 2.18. The minimum Gasteiger partial charge on any atom is -0.380 e. The molecule has 0 amide bonds. The highest BCUT2D eigenvalue weighted by Gasteiger charge is 2.10. The van der Waals surface area contributed by atoms with Crippen molar-refractivity contribution in [3.05, 3.63) is 29.3 Å². The lowest BCUT2D eigenvalue weighted by Crippen LogP contribution is -2.28. The number of ether oxygens (including phenoxy) is 1. The predicted octanol–water partition coefficient (Wildman–Crippen LogP) is 2.14. The second-order valence-corrected chi connectivity index (χ2v) is 4.27. The summed E-state index contributed by atoms with van der Waals surface area (Å²) in [6, 6.07) is 8.34. The molecule has 0 aliphatic heterocycles. The molecule has 0 bridgehead atoms. The van der Waals surface area contributed by atoms with Gasteiger partial charge in [-0.25, -0.2) is 0 Å². The first-order valence-corrected chi connectivity index (χ1v) is 6.77. The third-order valence-corrected chi connectivity index (χ3v) is 2.99. The first-order valence-electron chi connectivity index (χ1n) is 6.77. The number of likely N-dealkylation sites (N-methyl/N-ethyl adjacent to an activating group) is 1. The van der Waals surface area contributed by atoms with Gasteiger partial charge in [-0.2, -0.15) is 5.26 Å². The van der Waals surface area contributed by atoms with Crippen LogP contribution < -0.4 is 10.2 Å². The minimum absolute atomic E-state index is 0.688. The van der Waals surface area contributed by atoms with Crippen molar-refractivity contribution in [1.82, 2.24) is 5.32 Å². The summed E-state index contributed by atoms with van der Waals surface area (Å²) in [5, 5.41) is 12.4. The molecule has 0 saturated heterocycles. The Bertz CT molecular complexity index is 426. The molecule has 0 radical (unpaired) electrons. The maximum absolute atomic E-state index is 9.30. The monoisotopic (exact) mass is 261 g/mol. The van der Waals surface area contributed by atoms with Gasteiger partial charge in [0, 0.05) is 26.2 Å². The number of hydrogen-bond acceptors (Lipinski definition) is 4. The van der Waals surface area contributed by atoms with E-state index in [0.29, 0.717) is 6.61 Å². The molecule has 0 aliphatic rings. The molecule has 0 aromatic heterocycles. The average Bonchev–Trinajstić information content (AvgIpc) is 2.44. The normalized spacial score (nSPS) is 10.2. The van der Waals surface area contributed by atoms with Crippen LogP contribution in [0, 0.1) is 11.3 Å². The summed E-state index contributed by atoms with van der Waals surface area (Å²) in [6.45, 7) is 7.95. The van der Waals surface area contributed by atoms with Gasteiger partial charge < -0.3 is 15.0 Å². The Labute approximate surface area is 116 Å². The smallest absolute Gasteiger partial charge is 0.101 e. The molecule has 1 N–H and O–H groups in total. The molecule has 4 heteroatoms. The molecule has 1 aromatic rings. The number of rotatable bonds is 8. The molecular formula is C15H23N3O. The zero-order chi connectivity index (χ0) is 14.1. The van der Waals surface area contributed by atoms with E-state index in [-0.39, 0.29) is 0 Å². The summed E-state index contributed by atoms with van der Waals surface area (Å²) >= 11 is 0. The highest BCUT2D eigenvalue weighted by atomic mass is 16.5. The lowest BCUT2D eigenvalue weighted by Gasteiger charge is -2.24. The zero-order valence-corrected chi connectivity index (χ0v) is 12.1. The highest BCUT2D eigenvalue weighted by Crippen LogP contribution is 2.21. The van der Waals surface area contributed by atoms with E-state index in [1.54, 1.807) is 0 Å². The van der Waals surface area contributed by atoms with Crippen molar-refractivity contribution in [2.24, 2.45) is 0 Å². The van der Waals surface area contributed by atoms with Gasteiger partial charge in [0.05, 0.1) is 17.9 Å². The Morgan fingerprint density at radius 2 is 2.16 bits per heavy atom. The fourth-order valence-corrected chi connectivity index (χ4v) is 2.03. The van der Waals surface area contributed by atoms with Crippen molar-refractivity contribution in [2.45, 2.75) is 20.4 Å². The van der Waals surface area contributed by atoms with E-state index in [1.807, 2.05) is 26.1 Å². The van der Waals surface area contributed by atoms with Crippen molar-refractivity contribution in [1.29, 1.82) is 5.26 Å². The molecule has 0 atom stereocenters. The van der Waals surface area contributed by atoms with Crippen LogP contribution in [0.15, 0.2) is 18.2 Å². The molecule has 1 rings (SSSR count). The molecule has 0 spiro atoms. The van der Waals surface area contributed by atoms with Crippen LogP contribution in [-0.2, 0) is 11.3 Å². The van der Waals surface area contributed by atoms with Crippen molar-refractivity contribution in [3.63, 3.8) is 0 Å². The summed E-state index contributed by atoms with van der Waals surface area (Å²) in [5.74, 6) is 0. The van der Waals surface area contributed by atoms with Crippen LogP contribution in [0.1, 0.15) is 25.0 Å². The molecule has 104 valence electrons. The van der Waals surface area contributed by atoms with Crippen LogP contribution in [0.3, 0.4) is 0 Å². The van der Waals surface area contributed by atoms with E-state index in [1.165, 1.54) is 0 Å². The van der Waals surface area contributed by atoms with E-state index in [9.17, 15) is 5.26 Å². The molecule has 0 heterocycles. The summed E-state index contributed by atoms with van der Waals surface area (Å²) < 4.78 is 5.39. The highest BCUT2D eigenvalue weighted by molar-refractivity contribution is 5.60. The fourth-order valence-electron chi connectivity index (χ4n) is 2.03. The standard InChI is InChI=1S/C15H23N3O/c1-4-18(8-9-19-5-2)15-7-6-13(12-17-3)10-14(15)11-16/h6-7,10,17H,4-5,8-9,12H2,1-3H3. The van der Waals surface area contributed by atoms with Crippen LogP contribution in [0.5, 0.6) is 0 Å². The maximum Gasteiger partial charge on any atom is 0.101 e. The largest absolute Gasteiger partial charge is 0.380 e. The van der Waals surface area contributed by atoms with Crippen LogP contribution in [0.25, 0.3) is 0 Å². The average molecular weight is 261 g/mol. The topological polar surface area (TPSA) is 48.3 Å². The quantitative estimate of drug-likeness (QED) is 0.728. The van der Waals surface area contributed by atoms with Crippen LogP contribution in [0.4, 0.5) is 5.69 Å². The van der Waals surface area contributed by atoms with Gasteiger partial charge in [-0.1, -0.05) is 6.07 Å². The van der Waals surface area contributed by atoms with Gasteiger partial charge >= 0.3 is 0 Å². The van der Waals surface area contributed by atoms with Crippen LogP contribution in [-0.4, -0.2) is 33.4 Å². The first kappa shape index (κ1) is 15.5. The van der Waals surface area contributed by atoms with Crippen molar-refractivity contribution in [3.8, 4) is 6.07 Å². The number of benzene rings is 1. The summed E-state index contributed by atoms with van der Waals surface area (Å²) in [7, 11) is 1.90. The lowest BCUT2D eigenvalue weighted by molar-refractivity contribution is 0.154. The number of hydrogen-bond donors (Lipinski definition) is 1. The SMILES string of the molecule is CCOCCN(CC)c1ccc(CNC)cc1C#N. The second-order valence-electron chi connectivity index (χ2n) is 4.27. The van der Waals surface area contributed by atoms with Gasteiger partial charge in [0.25, 0.3) is 0 Å². The van der Waals surface area contributed by atoms with Crippen molar-refractivity contribution >= 4 is 5.69 Å². The molecule has 0 unspecified atom stereocenters. The third-order valence-electron chi connectivity index (χ3n) is 2.99. The lowest BCUT2D eigenvalue weighted by atomic mass is 10.1. The molecule has 0 fully saturated rings. The van der Waals surface area contributed by atoms with E-state index in [4.69, 9.17) is 4.74 Å². The summed E-state index contributed by atoms with van der Waals surface area (Å²) in [5.41, 5.74) is 2.85. The Hall–Kier alpha value is -1.57. The maximum atomic E-state index is 9.30. The number of nitriles is 1. The summed E-state index contributed by atoms with van der Waals surface area (Å²) in [6.07, 6.45) is 0. The van der Waals surface area contributed by atoms with E-state index >= 15 is 0 Å². The van der Waals surface area contributed by atoms with Gasteiger partial charge in [0.1, 0.15) is 6.07 Å².